The van der Waals surface area contributed by atoms with E-state index in [0.717, 1.165) is 36.7 Å². The van der Waals surface area contributed by atoms with Gasteiger partial charge < -0.3 is 4.90 Å². The minimum atomic E-state index is -0.162. The molecule has 0 aliphatic carbocycles. The minimum Gasteiger partial charge on any atom is -0.341 e. The Hall–Kier alpha value is -1.05. The summed E-state index contributed by atoms with van der Waals surface area (Å²) in [6, 6.07) is 16.9. The molecule has 0 amide bonds. The molecule has 138 valence electrons. The molecule has 1 fully saturated rings. The highest BCUT2D eigenvalue weighted by molar-refractivity contribution is 14.0. The lowest BCUT2D eigenvalue weighted by Gasteiger charge is -2.36. The number of hydrogen-bond acceptors (Lipinski definition) is 3. The molecule has 0 N–H and O–H groups in total. The summed E-state index contributed by atoms with van der Waals surface area (Å²) in [6.45, 7) is 0.858. The van der Waals surface area contributed by atoms with Crippen LogP contribution in [0.15, 0.2) is 59.6 Å². The number of benzene rings is 2. The van der Waals surface area contributed by atoms with Gasteiger partial charge in [0.25, 0.3) is 0 Å². The molecule has 1 atom stereocenters. The van der Waals surface area contributed by atoms with E-state index in [4.69, 9.17) is 16.6 Å². The van der Waals surface area contributed by atoms with Gasteiger partial charge in [-0.05, 0) is 61.9 Å². The van der Waals surface area contributed by atoms with Gasteiger partial charge in [0.1, 0.15) is 0 Å². The van der Waals surface area contributed by atoms with Crippen LogP contribution in [0.1, 0.15) is 29.6 Å². The van der Waals surface area contributed by atoms with Crippen molar-refractivity contribution in [1.82, 2.24) is 4.90 Å². The molecule has 1 saturated heterocycles. The Morgan fingerprint density at radius 1 is 1.12 bits per heavy atom. The standard InChI is InChI=1S/C20H21ClN2OS.HI/c1-25-20(22-17-7-3-2-4-8-17)23-14-6-5-9-18(23)19(24)15-10-12-16(21)13-11-15;/h2-4,7-8,10-13,18H,5-6,9,14H2,1H3;1H. The number of carbonyl (C=O) groups excluding carboxylic acids is 1. The topological polar surface area (TPSA) is 32.7 Å². The van der Waals surface area contributed by atoms with Crippen LogP contribution < -0.4 is 0 Å². The maximum absolute atomic E-state index is 13.0. The Morgan fingerprint density at radius 3 is 2.46 bits per heavy atom. The molecule has 1 unspecified atom stereocenters. The number of carbonyl (C=O) groups is 1. The zero-order chi connectivity index (χ0) is 17.6. The van der Waals surface area contributed by atoms with Crippen LogP contribution in [-0.2, 0) is 0 Å². The molecule has 0 saturated carbocycles. The van der Waals surface area contributed by atoms with E-state index in [0.29, 0.717) is 10.6 Å². The summed E-state index contributed by atoms with van der Waals surface area (Å²) in [5.41, 5.74) is 1.62. The van der Waals surface area contributed by atoms with E-state index >= 15 is 0 Å². The average molecular weight is 501 g/mol. The van der Waals surface area contributed by atoms with E-state index in [9.17, 15) is 4.79 Å². The van der Waals surface area contributed by atoms with Crippen molar-refractivity contribution in [2.45, 2.75) is 25.3 Å². The van der Waals surface area contributed by atoms with E-state index in [1.54, 1.807) is 23.9 Å². The molecule has 0 aromatic heterocycles. The van der Waals surface area contributed by atoms with Gasteiger partial charge in [-0.25, -0.2) is 4.99 Å². The highest BCUT2D eigenvalue weighted by Gasteiger charge is 2.31. The molecule has 2 aromatic carbocycles. The van der Waals surface area contributed by atoms with Crippen LogP contribution in [-0.4, -0.2) is 34.7 Å². The Labute approximate surface area is 181 Å². The highest BCUT2D eigenvalue weighted by Crippen LogP contribution is 2.26. The lowest BCUT2D eigenvalue weighted by molar-refractivity contribution is 0.0854. The zero-order valence-corrected chi connectivity index (χ0v) is 18.5. The third kappa shape index (κ3) is 5.24. The smallest absolute Gasteiger partial charge is 0.185 e. The predicted molar refractivity (Wildman–Crippen MR) is 123 cm³/mol. The van der Waals surface area contributed by atoms with Gasteiger partial charge in [0, 0.05) is 17.1 Å². The molecule has 2 aromatic rings. The number of thioether (sulfide) groups is 1. The maximum Gasteiger partial charge on any atom is 0.185 e. The number of para-hydroxylation sites is 1. The fourth-order valence-electron chi connectivity index (χ4n) is 3.08. The molecule has 1 aliphatic heterocycles. The van der Waals surface area contributed by atoms with Gasteiger partial charge in [0.05, 0.1) is 11.7 Å². The molecule has 3 rings (SSSR count). The predicted octanol–water partition coefficient (Wildman–Crippen LogP) is 6.05. The summed E-state index contributed by atoms with van der Waals surface area (Å²) in [7, 11) is 0. The quantitative estimate of drug-likeness (QED) is 0.223. The minimum absolute atomic E-state index is 0. The molecule has 3 nitrogen and oxygen atoms in total. The van der Waals surface area contributed by atoms with E-state index in [2.05, 4.69) is 4.90 Å². The number of amidine groups is 1. The first-order chi connectivity index (χ1) is 12.2. The van der Waals surface area contributed by atoms with Crippen molar-refractivity contribution in [1.29, 1.82) is 0 Å². The molecular weight excluding hydrogens is 479 g/mol. The largest absolute Gasteiger partial charge is 0.341 e. The van der Waals surface area contributed by atoms with Gasteiger partial charge >= 0.3 is 0 Å². The van der Waals surface area contributed by atoms with Gasteiger partial charge in [0.15, 0.2) is 11.0 Å². The number of likely N-dealkylation sites (tertiary alicyclic amines) is 1. The van der Waals surface area contributed by atoms with Gasteiger partial charge in [-0.1, -0.05) is 41.6 Å². The molecule has 0 bridgehead atoms. The second kappa shape index (κ2) is 10.3. The normalized spacial score (nSPS) is 17.5. The van der Waals surface area contributed by atoms with Crippen LogP contribution in [0.3, 0.4) is 0 Å². The summed E-state index contributed by atoms with van der Waals surface area (Å²) in [5, 5.41) is 1.55. The summed E-state index contributed by atoms with van der Waals surface area (Å²) in [4.78, 5) is 20.0. The summed E-state index contributed by atoms with van der Waals surface area (Å²) < 4.78 is 0. The second-order valence-electron chi connectivity index (χ2n) is 6.01. The van der Waals surface area contributed by atoms with Gasteiger partial charge in [-0.2, -0.15) is 0 Å². The average Bonchev–Trinajstić information content (AvgIpc) is 2.67. The van der Waals surface area contributed by atoms with E-state index in [1.807, 2.05) is 48.7 Å². The fourth-order valence-corrected chi connectivity index (χ4v) is 3.86. The number of halogens is 2. The number of aliphatic imine (C=N–C) groups is 1. The van der Waals surface area contributed by atoms with Crippen LogP contribution in [0, 0.1) is 0 Å². The first-order valence-corrected chi connectivity index (χ1v) is 10.0. The van der Waals surface area contributed by atoms with Crippen LogP contribution in [0.5, 0.6) is 0 Å². The molecule has 1 aliphatic rings. The summed E-state index contributed by atoms with van der Waals surface area (Å²) >= 11 is 7.54. The van der Waals surface area contributed by atoms with Crippen molar-refractivity contribution < 1.29 is 4.79 Å². The lowest BCUT2D eigenvalue weighted by Crippen LogP contribution is -2.47. The number of piperidine rings is 1. The van der Waals surface area contributed by atoms with Crippen molar-refractivity contribution in [2.24, 2.45) is 4.99 Å². The maximum atomic E-state index is 13.0. The third-order valence-corrected chi connectivity index (χ3v) is 5.29. The molecule has 0 spiro atoms. The van der Waals surface area contributed by atoms with Gasteiger partial charge in [0.2, 0.25) is 0 Å². The number of nitrogens with zero attached hydrogens (tertiary/aromatic N) is 2. The molecular formula is C20H22ClIN2OS. The lowest BCUT2D eigenvalue weighted by atomic mass is 9.95. The number of hydrogen-bond donors (Lipinski definition) is 0. The first kappa shape index (κ1) is 21.3. The Balaban J connectivity index is 0.00000243. The second-order valence-corrected chi connectivity index (χ2v) is 7.22. The van der Waals surface area contributed by atoms with E-state index in [-0.39, 0.29) is 35.8 Å². The summed E-state index contributed by atoms with van der Waals surface area (Å²) in [5.74, 6) is 0.145. The van der Waals surface area contributed by atoms with Crippen molar-refractivity contribution in [3.63, 3.8) is 0 Å². The number of Topliss-reactive ketones (excluding diaryl/α,β-unsaturated/α-hetero) is 1. The van der Waals surface area contributed by atoms with E-state index < -0.39 is 0 Å². The zero-order valence-electron chi connectivity index (χ0n) is 14.6. The highest BCUT2D eigenvalue weighted by atomic mass is 127. The monoisotopic (exact) mass is 500 g/mol. The van der Waals surface area contributed by atoms with Crippen LogP contribution >= 0.6 is 47.3 Å². The Bertz CT molecular complexity index is 752. The van der Waals surface area contributed by atoms with Crippen molar-refractivity contribution in [2.75, 3.05) is 12.8 Å². The van der Waals surface area contributed by atoms with E-state index in [1.165, 1.54) is 0 Å². The number of ketones is 1. The van der Waals surface area contributed by atoms with Crippen LogP contribution in [0.25, 0.3) is 0 Å². The molecule has 6 heteroatoms. The Kier molecular flexibility index (Phi) is 8.44. The van der Waals surface area contributed by atoms with Crippen LogP contribution in [0.2, 0.25) is 5.02 Å². The summed E-state index contributed by atoms with van der Waals surface area (Å²) in [6.07, 6.45) is 5.02. The van der Waals surface area contributed by atoms with Crippen LogP contribution in [0.4, 0.5) is 5.69 Å². The number of rotatable bonds is 3. The molecule has 0 radical (unpaired) electrons. The molecule has 1 heterocycles. The van der Waals surface area contributed by atoms with Crippen molar-refractivity contribution >= 4 is 64.0 Å². The third-order valence-electron chi connectivity index (χ3n) is 4.34. The van der Waals surface area contributed by atoms with Gasteiger partial charge in [-0.15, -0.1) is 24.0 Å². The molecule has 26 heavy (non-hydrogen) atoms. The van der Waals surface area contributed by atoms with Gasteiger partial charge in [-0.3, -0.25) is 4.79 Å². The first-order valence-electron chi connectivity index (χ1n) is 8.43. The fraction of sp³-hybridized carbons (Fsp3) is 0.300. The van der Waals surface area contributed by atoms with Crippen molar-refractivity contribution in [3.8, 4) is 0 Å². The SMILES string of the molecule is CSC(=Nc1ccccc1)N1CCCCC1C(=O)c1ccc(Cl)cc1.I. The Morgan fingerprint density at radius 2 is 1.81 bits per heavy atom. The van der Waals surface area contributed by atoms with Crippen molar-refractivity contribution in [3.05, 3.63) is 65.2 Å².